The Labute approximate surface area is 147 Å². The zero-order chi connectivity index (χ0) is 18.1. The molecule has 1 saturated heterocycles. The highest BCUT2D eigenvalue weighted by Crippen LogP contribution is 2.46. The maximum absolute atomic E-state index is 12.9. The van der Waals surface area contributed by atoms with Gasteiger partial charge in [-0.1, -0.05) is 6.42 Å². The van der Waals surface area contributed by atoms with E-state index < -0.39 is 22.0 Å². The lowest BCUT2D eigenvalue weighted by atomic mass is 9.77. The molecule has 3 N–H and O–H groups in total. The van der Waals surface area contributed by atoms with E-state index in [-0.39, 0.29) is 16.9 Å². The van der Waals surface area contributed by atoms with E-state index in [0.29, 0.717) is 18.8 Å². The topological polar surface area (TPSA) is 110 Å². The van der Waals surface area contributed by atoms with Crippen LogP contribution in [0, 0.1) is 5.41 Å². The van der Waals surface area contributed by atoms with Crippen LogP contribution in [0.25, 0.3) is 0 Å². The third-order valence-electron chi connectivity index (χ3n) is 5.28. The Morgan fingerprint density at radius 1 is 1.28 bits per heavy atom. The van der Waals surface area contributed by atoms with Crippen LogP contribution in [0.4, 0.5) is 0 Å². The minimum absolute atomic E-state index is 0.184. The first-order valence-corrected chi connectivity index (χ1v) is 9.97. The van der Waals surface area contributed by atoms with Crippen molar-refractivity contribution < 1.29 is 23.1 Å². The summed E-state index contributed by atoms with van der Waals surface area (Å²) in [5.41, 5.74) is 4.72. The van der Waals surface area contributed by atoms with E-state index in [0.717, 1.165) is 32.1 Å². The van der Waals surface area contributed by atoms with Crippen LogP contribution in [-0.4, -0.2) is 49.5 Å². The fourth-order valence-corrected chi connectivity index (χ4v) is 5.50. The molecule has 0 unspecified atom stereocenters. The Kier molecular flexibility index (Phi) is 5.04. The lowest BCUT2D eigenvalue weighted by molar-refractivity contribution is -0.119. The van der Waals surface area contributed by atoms with Crippen molar-refractivity contribution >= 4 is 15.9 Å². The molecular weight excluding hydrogens is 344 g/mol. The Morgan fingerprint density at radius 3 is 2.56 bits per heavy atom. The third-order valence-corrected chi connectivity index (χ3v) is 7.13. The van der Waals surface area contributed by atoms with Crippen molar-refractivity contribution in [1.29, 1.82) is 0 Å². The first-order chi connectivity index (χ1) is 11.8. The second-order valence-corrected chi connectivity index (χ2v) is 8.88. The highest BCUT2D eigenvalue weighted by molar-refractivity contribution is 7.89. The molecule has 1 aliphatic carbocycles. The minimum Gasteiger partial charge on any atom is -0.484 e. The molecule has 2 atom stereocenters. The van der Waals surface area contributed by atoms with Crippen molar-refractivity contribution in [2.24, 2.45) is 11.1 Å². The van der Waals surface area contributed by atoms with Crippen LogP contribution in [0.15, 0.2) is 29.2 Å². The number of aliphatic hydroxyl groups excluding tert-OH is 1. The van der Waals surface area contributed by atoms with Crippen molar-refractivity contribution in [2.45, 2.75) is 43.1 Å². The van der Waals surface area contributed by atoms with Gasteiger partial charge in [0.05, 0.1) is 11.0 Å². The molecule has 2 aliphatic rings. The summed E-state index contributed by atoms with van der Waals surface area (Å²) < 4.78 is 32.5. The monoisotopic (exact) mass is 368 g/mol. The Balaban J connectivity index is 1.75. The number of sulfonamides is 1. The lowest BCUT2D eigenvalue weighted by Gasteiger charge is -2.41. The third kappa shape index (κ3) is 3.65. The average molecular weight is 368 g/mol. The first-order valence-electron chi connectivity index (χ1n) is 8.53. The predicted octanol–water partition coefficient (Wildman–Crippen LogP) is 0.866. The quantitative estimate of drug-likeness (QED) is 0.801. The maximum Gasteiger partial charge on any atom is 0.255 e. The number of nitrogens with zero attached hydrogens (tertiary/aromatic N) is 1. The molecule has 7 nitrogen and oxygen atoms in total. The van der Waals surface area contributed by atoms with Gasteiger partial charge in [-0.3, -0.25) is 4.79 Å². The van der Waals surface area contributed by atoms with Crippen molar-refractivity contribution in [2.75, 3.05) is 19.7 Å². The van der Waals surface area contributed by atoms with E-state index in [1.807, 2.05) is 0 Å². The summed E-state index contributed by atoms with van der Waals surface area (Å²) in [5, 5.41) is 10.3. The molecule has 0 aromatic heterocycles. The molecule has 0 bridgehead atoms. The molecule has 2 fully saturated rings. The first kappa shape index (κ1) is 18.2. The van der Waals surface area contributed by atoms with Crippen molar-refractivity contribution in [1.82, 2.24) is 4.31 Å². The zero-order valence-electron chi connectivity index (χ0n) is 14.1. The van der Waals surface area contributed by atoms with Crippen molar-refractivity contribution in [3.8, 4) is 5.75 Å². The highest BCUT2D eigenvalue weighted by Gasteiger charge is 2.47. The van der Waals surface area contributed by atoms with E-state index in [1.165, 1.54) is 28.6 Å². The molecule has 1 amide bonds. The summed E-state index contributed by atoms with van der Waals surface area (Å²) in [6.07, 6.45) is 3.78. The summed E-state index contributed by atoms with van der Waals surface area (Å²) in [5.74, 6) is -0.204. The second kappa shape index (κ2) is 6.93. The molecule has 3 rings (SSSR count). The van der Waals surface area contributed by atoms with Crippen molar-refractivity contribution in [3.63, 3.8) is 0 Å². The van der Waals surface area contributed by atoms with Crippen LogP contribution in [0.3, 0.4) is 0 Å². The van der Waals surface area contributed by atoms with Crippen LogP contribution >= 0.6 is 0 Å². The fourth-order valence-electron chi connectivity index (χ4n) is 3.93. The standard InChI is InChI=1S/C17H24N2O5S/c18-16(21)11-24-13-4-6-14(7-5-13)25(22,23)19-10-2-9-17(12-19)8-1-3-15(17)20/h4-7,15,20H,1-3,8-12H2,(H2,18,21)/t15-,17+/m1/s1. The summed E-state index contributed by atoms with van der Waals surface area (Å²) in [7, 11) is -3.62. The molecule has 25 heavy (non-hydrogen) atoms. The average Bonchev–Trinajstić information content (AvgIpc) is 2.93. The number of hydrogen-bond acceptors (Lipinski definition) is 5. The molecule has 1 saturated carbocycles. The largest absolute Gasteiger partial charge is 0.484 e. The lowest BCUT2D eigenvalue weighted by Crippen LogP contribution is -2.49. The van der Waals surface area contributed by atoms with E-state index in [2.05, 4.69) is 0 Å². The number of ether oxygens (including phenoxy) is 1. The second-order valence-electron chi connectivity index (χ2n) is 6.94. The molecule has 1 aliphatic heterocycles. The van der Waals surface area contributed by atoms with Gasteiger partial charge in [-0.05, 0) is 49.9 Å². The number of rotatable bonds is 5. The Morgan fingerprint density at radius 2 is 1.96 bits per heavy atom. The highest BCUT2D eigenvalue weighted by atomic mass is 32.2. The normalized spacial score (nSPS) is 27.5. The Bertz CT molecular complexity index is 734. The van der Waals surface area contributed by atoms with Gasteiger partial charge in [0.25, 0.3) is 5.91 Å². The van der Waals surface area contributed by atoms with Crippen LogP contribution in [0.1, 0.15) is 32.1 Å². The SMILES string of the molecule is NC(=O)COc1ccc(S(=O)(=O)N2CCC[C@@]3(CCC[C@H]3O)C2)cc1. The van der Waals surface area contributed by atoms with Crippen LogP contribution in [0.5, 0.6) is 5.75 Å². The number of hydrogen-bond donors (Lipinski definition) is 2. The summed E-state index contributed by atoms with van der Waals surface area (Å²) in [4.78, 5) is 10.9. The molecule has 1 aromatic carbocycles. The van der Waals surface area contributed by atoms with Gasteiger partial charge in [0.15, 0.2) is 6.61 Å². The smallest absolute Gasteiger partial charge is 0.255 e. The molecule has 1 heterocycles. The minimum atomic E-state index is -3.62. The number of carbonyl (C=O) groups excluding carboxylic acids is 1. The molecule has 0 radical (unpaired) electrons. The number of piperidine rings is 1. The summed E-state index contributed by atoms with van der Waals surface area (Å²) in [6, 6.07) is 5.97. The number of aliphatic hydroxyl groups is 1. The van der Waals surface area contributed by atoms with Gasteiger partial charge >= 0.3 is 0 Å². The predicted molar refractivity (Wildman–Crippen MR) is 91.4 cm³/mol. The number of carbonyl (C=O) groups is 1. The molecule has 1 spiro atoms. The van der Waals surface area contributed by atoms with Crippen LogP contribution in [-0.2, 0) is 14.8 Å². The summed E-state index contributed by atoms with van der Waals surface area (Å²) >= 11 is 0. The number of nitrogens with two attached hydrogens (primary N) is 1. The van der Waals surface area contributed by atoms with E-state index >= 15 is 0 Å². The van der Waals surface area contributed by atoms with Crippen molar-refractivity contribution in [3.05, 3.63) is 24.3 Å². The molecule has 8 heteroatoms. The fraction of sp³-hybridized carbons (Fsp3) is 0.588. The molecule has 1 aromatic rings. The van der Waals surface area contributed by atoms with Gasteiger partial charge in [-0.2, -0.15) is 4.31 Å². The van der Waals surface area contributed by atoms with Gasteiger partial charge in [-0.25, -0.2) is 8.42 Å². The zero-order valence-corrected chi connectivity index (χ0v) is 14.9. The summed E-state index contributed by atoms with van der Waals surface area (Å²) in [6.45, 7) is 0.589. The number of benzene rings is 1. The van der Waals surface area contributed by atoms with Crippen LogP contribution < -0.4 is 10.5 Å². The van der Waals surface area contributed by atoms with E-state index in [4.69, 9.17) is 10.5 Å². The van der Waals surface area contributed by atoms with E-state index in [9.17, 15) is 18.3 Å². The van der Waals surface area contributed by atoms with Gasteiger partial charge in [0, 0.05) is 18.5 Å². The van der Waals surface area contributed by atoms with Crippen LogP contribution in [0.2, 0.25) is 0 Å². The van der Waals surface area contributed by atoms with Gasteiger partial charge in [0.1, 0.15) is 5.75 Å². The van der Waals surface area contributed by atoms with Gasteiger partial charge < -0.3 is 15.6 Å². The maximum atomic E-state index is 12.9. The molecule has 138 valence electrons. The van der Waals surface area contributed by atoms with E-state index in [1.54, 1.807) is 0 Å². The molecular formula is C17H24N2O5S. The van der Waals surface area contributed by atoms with Gasteiger partial charge in [0.2, 0.25) is 10.0 Å². The number of primary amides is 1. The van der Waals surface area contributed by atoms with Gasteiger partial charge in [-0.15, -0.1) is 0 Å². The number of amides is 1. The Hall–Kier alpha value is -1.64.